The summed E-state index contributed by atoms with van der Waals surface area (Å²) >= 11 is 5.89. The molecule has 0 spiro atoms. The summed E-state index contributed by atoms with van der Waals surface area (Å²) in [5.41, 5.74) is 4.54. The largest absolute Gasteiger partial charge is 0.484 e. The molecule has 6 rings (SSSR count). The Kier molecular flexibility index (Phi) is 7.42. The average Bonchev–Trinajstić information content (AvgIpc) is 3.62. The van der Waals surface area contributed by atoms with Crippen molar-refractivity contribution in [2.75, 3.05) is 16.8 Å². The van der Waals surface area contributed by atoms with Gasteiger partial charge in [-0.25, -0.2) is 4.98 Å². The minimum atomic E-state index is -0.239. The number of hydrogen-bond acceptors (Lipinski definition) is 5. The van der Waals surface area contributed by atoms with E-state index in [4.69, 9.17) is 17.0 Å². The quantitative estimate of drug-likeness (QED) is 0.233. The molecule has 1 aliphatic heterocycles. The zero-order valence-corrected chi connectivity index (χ0v) is 23.2. The first-order chi connectivity index (χ1) is 20.1. The first-order valence-corrected chi connectivity index (χ1v) is 13.7. The van der Waals surface area contributed by atoms with Crippen molar-refractivity contribution in [2.24, 2.45) is 0 Å². The van der Waals surface area contributed by atoms with Gasteiger partial charge in [-0.2, -0.15) is 0 Å². The molecule has 0 radical (unpaired) electrons. The van der Waals surface area contributed by atoms with Crippen LogP contribution < -0.4 is 20.3 Å². The Hall–Kier alpha value is -5.02. The van der Waals surface area contributed by atoms with E-state index in [0.29, 0.717) is 16.5 Å². The van der Waals surface area contributed by atoms with Gasteiger partial charge < -0.3 is 24.8 Å². The maximum absolute atomic E-state index is 12.5. The van der Waals surface area contributed by atoms with Gasteiger partial charge in [0.2, 0.25) is 0 Å². The van der Waals surface area contributed by atoms with Crippen LogP contribution in [0.15, 0.2) is 116 Å². The molecular weight excluding hydrogens is 532 g/mol. The van der Waals surface area contributed by atoms with E-state index in [2.05, 4.69) is 42.2 Å². The molecule has 5 aromatic rings. The van der Waals surface area contributed by atoms with Gasteiger partial charge in [0.1, 0.15) is 17.6 Å². The van der Waals surface area contributed by atoms with Crippen LogP contribution in [0.2, 0.25) is 0 Å². The van der Waals surface area contributed by atoms with Crippen LogP contribution in [0.3, 0.4) is 0 Å². The minimum absolute atomic E-state index is 0.0796. The second kappa shape index (κ2) is 11.6. The molecular formula is C32H28N6O2S. The number of nitrogens with zero attached hydrogens (tertiary/aromatic N) is 4. The van der Waals surface area contributed by atoms with Crippen molar-refractivity contribution in [3.05, 3.63) is 133 Å². The van der Waals surface area contributed by atoms with Crippen molar-refractivity contribution in [1.82, 2.24) is 19.9 Å². The summed E-state index contributed by atoms with van der Waals surface area (Å²) in [6.45, 7) is 1.94. The Morgan fingerprint density at radius 3 is 2.49 bits per heavy atom. The van der Waals surface area contributed by atoms with Gasteiger partial charge in [-0.1, -0.05) is 30.3 Å². The fourth-order valence-electron chi connectivity index (χ4n) is 4.95. The topological polar surface area (TPSA) is 84.3 Å². The second-order valence-corrected chi connectivity index (χ2v) is 10.1. The maximum Gasteiger partial charge on any atom is 0.262 e. The van der Waals surface area contributed by atoms with Gasteiger partial charge in [-0.3, -0.25) is 9.78 Å². The molecule has 1 aliphatic rings. The van der Waals surface area contributed by atoms with Gasteiger partial charge in [0.15, 0.2) is 11.7 Å². The number of pyridine rings is 2. The predicted octanol–water partition coefficient (Wildman–Crippen LogP) is 5.77. The number of hydrogen-bond donors (Lipinski definition) is 2. The lowest BCUT2D eigenvalue weighted by molar-refractivity contribution is -0.118. The third-order valence-electron chi connectivity index (χ3n) is 6.87. The van der Waals surface area contributed by atoms with Crippen LogP contribution in [0.1, 0.15) is 29.0 Å². The predicted molar refractivity (Wildman–Crippen MR) is 163 cm³/mol. The highest BCUT2D eigenvalue weighted by Crippen LogP contribution is 2.42. The highest BCUT2D eigenvalue weighted by atomic mass is 32.1. The van der Waals surface area contributed by atoms with Crippen LogP contribution in [0.25, 0.3) is 5.82 Å². The molecule has 204 valence electrons. The molecule has 1 saturated heterocycles. The number of benzene rings is 2. The maximum atomic E-state index is 12.5. The normalized spacial score (nSPS) is 16.3. The first-order valence-electron chi connectivity index (χ1n) is 13.3. The average molecular weight is 561 g/mol. The number of thiocarbonyl (C=S) groups is 1. The van der Waals surface area contributed by atoms with E-state index in [-0.39, 0.29) is 24.6 Å². The molecule has 4 heterocycles. The molecule has 41 heavy (non-hydrogen) atoms. The number of nitrogens with one attached hydrogen (secondary N) is 2. The van der Waals surface area contributed by atoms with Gasteiger partial charge >= 0.3 is 0 Å². The van der Waals surface area contributed by atoms with Crippen LogP contribution in [-0.4, -0.2) is 32.2 Å². The zero-order valence-electron chi connectivity index (χ0n) is 22.3. The van der Waals surface area contributed by atoms with Crippen molar-refractivity contribution in [3.8, 4) is 11.6 Å². The van der Waals surface area contributed by atoms with E-state index >= 15 is 0 Å². The lowest BCUT2D eigenvalue weighted by atomic mass is 10.0. The van der Waals surface area contributed by atoms with Crippen LogP contribution in [-0.2, 0) is 4.79 Å². The summed E-state index contributed by atoms with van der Waals surface area (Å²) < 4.78 is 7.65. The van der Waals surface area contributed by atoms with Crippen LogP contribution in [0, 0.1) is 6.92 Å². The Labute approximate surface area is 243 Å². The molecule has 0 bridgehead atoms. The number of carbonyl (C=O) groups excluding carboxylic acids is 1. The number of aromatic nitrogens is 3. The number of ether oxygens (including phenoxy) is 1. The fourth-order valence-corrected chi connectivity index (χ4v) is 5.29. The molecule has 0 saturated carbocycles. The van der Waals surface area contributed by atoms with Gasteiger partial charge in [0.25, 0.3) is 5.91 Å². The standard InChI is InChI=1S/C32H28N6O2S/c1-22-12-17-28(34-20-22)37-19-7-11-27(37)31-30(26-10-5-6-18-33-26)36-32(41)38(31)24-15-13-23(14-16-24)35-29(39)21-40-25-8-3-2-4-9-25/h2-20,30-31H,21H2,1H3,(H,35,39)(H,36,41). The van der Waals surface area contributed by atoms with E-state index in [1.54, 1.807) is 6.20 Å². The minimum Gasteiger partial charge on any atom is -0.484 e. The molecule has 3 aromatic heterocycles. The van der Waals surface area contributed by atoms with Crippen LogP contribution in [0.4, 0.5) is 11.4 Å². The summed E-state index contributed by atoms with van der Waals surface area (Å²) in [6, 6.07) is 30.5. The van der Waals surface area contributed by atoms with Crippen molar-refractivity contribution in [1.29, 1.82) is 0 Å². The van der Waals surface area contributed by atoms with E-state index in [1.807, 2.05) is 104 Å². The number of rotatable bonds is 8. The highest BCUT2D eigenvalue weighted by molar-refractivity contribution is 7.80. The van der Waals surface area contributed by atoms with Gasteiger partial charge in [-0.05, 0) is 91.4 Å². The molecule has 8 nitrogen and oxygen atoms in total. The summed E-state index contributed by atoms with van der Waals surface area (Å²) in [5.74, 6) is 1.23. The van der Waals surface area contributed by atoms with Crippen molar-refractivity contribution in [2.45, 2.75) is 19.0 Å². The molecule has 0 aliphatic carbocycles. The number of aryl methyl sites for hydroxylation is 1. The second-order valence-electron chi connectivity index (χ2n) is 9.69. The Bertz CT molecular complexity index is 1640. The molecule has 2 aromatic carbocycles. The molecule has 9 heteroatoms. The van der Waals surface area contributed by atoms with Gasteiger partial charge in [0.05, 0.1) is 11.7 Å². The van der Waals surface area contributed by atoms with Gasteiger partial charge in [-0.15, -0.1) is 0 Å². The lowest BCUT2D eigenvalue weighted by Crippen LogP contribution is -2.30. The molecule has 2 N–H and O–H groups in total. The Morgan fingerprint density at radius 2 is 1.76 bits per heavy atom. The third kappa shape index (κ3) is 5.66. The number of para-hydroxylation sites is 1. The third-order valence-corrected chi connectivity index (χ3v) is 7.18. The molecule has 1 fully saturated rings. The molecule has 2 atom stereocenters. The van der Waals surface area contributed by atoms with E-state index in [0.717, 1.165) is 28.5 Å². The van der Waals surface area contributed by atoms with Gasteiger partial charge in [0, 0.05) is 35.7 Å². The summed E-state index contributed by atoms with van der Waals surface area (Å²) in [4.78, 5) is 23.9. The summed E-state index contributed by atoms with van der Waals surface area (Å²) in [5, 5.41) is 6.98. The molecule has 2 unspecified atom stereocenters. The fraction of sp³-hybridized carbons (Fsp3) is 0.125. The Balaban J connectivity index is 1.28. The van der Waals surface area contributed by atoms with Crippen LogP contribution >= 0.6 is 12.2 Å². The molecule has 1 amide bonds. The van der Waals surface area contributed by atoms with Crippen molar-refractivity contribution >= 4 is 34.6 Å². The van der Waals surface area contributed by atoms with Crippen LogP contribution in [0.5, 0.6) is 5.75 Å². The van der Waals surface area contributed by atoms with E-state index < -0.39 is 0 Å². The first kappa shape index (κ1) is 26.2. The number of anilines is 2. The van der Waals surface area contributed by atoms with E-state index in [9.17, 15) is 4.79 Å². The number of carbonyl (C=O) groups is 1. The Morgan fingerprint density at radius 1 is 0.951 bits per heavy atom. The smallest absolute Gasteiger partial charge is 0.262 e. The number of amides is 1. The highest BCUT2D eigenvalue weighted by Gasteiger charge is 2.42. The monoisotopic (exact) mass is 560 g/mol. The van der Waals surface area contributed by atoms with Crippen molar-refractivity contribution < 1.29 is 9.53 Å². The lowest BCUT2D eigenvalue weighted by Gasteiger charge is -2.29. The summed E-state index contributed by atoms with van der Waals surface area (Å²) in [6.07, 6.45) is 5.67. The SMILES string of the molecule is Cc1ccc(-n2cccc2C2C(c3ccccn3)NC(=S)N2c2ccc(NC(=O)COc3ccccc3)cc2)nc1. The van der Waals surface area contributed by atoms with E-state index in [1.165, 1.54) is 0 Å². The summed E-state index contributed by atoms with van der Waals surface area (Å²) in [7, 11) is 0. The zero-order chi connectivity index (χ0) is 28.2. The van der Waals surface area contributed by atoms with Crippen molar-refractivity contribution in [3.63, 3.8) is 0 Å².